The van der Waals surface area contributed by atoms with Crippen LogP contribution in [0.2, 0.25) is 0 Å². The predicted octanol–water partition coefficient (Wildman–Crippen LogP) is 0.441. The Morgan fingerprint density at radius 3 is 3.38 bits per heavy atom. The van der Waals surface area contributed by atoms with Gasteiger partial charge in [0.05, 0.1) is 0 Å². The number of hydrogen-bond donors (Lipinski definition) is 1. The Hall–Kier alpha value is -0.370. The van der Waals surface area contributed by atoms with E-state index in [0.29, 0.717) is 0 Å². The third-order valence-corrected chi connectivity index (χ3v) is 1.22. The molecular weight excluding hydrogens is 100 g/mol. The lowest BCUT2D eigenvalue weighted by Crippen LogP contribution is -2.19. The van der Waals surface area contributed by atoms with E-state index in [9.17, 15) is 0 Å². The largest absolute Gasteiger partial charge is 0.316 e. The fraction of sp³-hybridized carbons (Fsp3) is 0.833. The molecular formula is C6H12N2. The summed E-state index contributed by atoms with van der Waals surface area (Å²) in [6.07, 6.45) is 4.29. The maximum Gasteiger partial charge on any atom is 0.0397 e. The molecule has 0 saturated heterocycles. The number of nitrogens with zero attached hydrogens (tertiary/aromatic N) is 1. The van der Waals surface area contributed by atoms with E-state index in [2.05, 4.69) is 10.3 Å². The van der Waals surface area contributed by atoms with Gasteiger partial charge in [0, 0.05) is 13.1 Å². The number of nitrogens with one attached hydrogen (secondary N) is 1. The molecule has 0 radical (unpaired) electrons. The molecule has 1 aliphatic rings. The monoisotopic (exact) mass is 112 g/mol. The summed E-state index contributed by atoms with van der Waals surface area (Å²) in [5, 5.41) is 3.30. The van der Waals surface area contributed by atoms with Crippen LogP contribution in [0.1, 0.15) is 12.8 Å². The molecule has 1 rings (SSSR count). The van der Waals surface area contributed by atoms with Crippen molar-refractivity contribution in [1.82, 2.24) is 5.32 Å². The third-order valence-electron chi connectivity index (χ3n) is 1.22. The van der Waals surface area contributed by atoms with Gasteiger partial charge in [-0.05, 0) is 25.6 Å². The van der Waals surface area contributed by atoms with Gasteiger partial charge in [-0.3, -0.25) is 4.99 Å². The lowest BCUT2D eigenvalue weighted by atomic mass is 10.3. The second-order valence-corrected chi connectivity index (χ2v) is 1.98. The molecule has 0 aliphatic carbocycles. The van der Waals surface area contributed by atoms with Crippen LogP contribution in [0.25, 0.3) is 0 Å². The van der Waals surface area contributed by atoms with Crippen molar-refractivity contribution in [1.29, 1.82) is 0 Å². The predicted molar refractivity (Wildman–Crippen MR) is 35.5 cm³/mol. The van der Waals surface area contributed by atoms with Crippen LogP contribution in [0.4, 0.5) is 0 Å². The van der Waals surface area contributed by atoms with Crippen molar-refractivity contribution in [2.24, 2.45) is 4.99 Å². The van der Waals surface area contributed by atoms with E-state index in [0.717, 1.165) is 26.1 Å². The van der Waals surface area contributed by atoms with Crippen molar-refractivity contribution in [3.63, 3.8) is 0 Å². The molecule has 0 aromatic rings. The van der Waals surface area contributed by atoms with Crippen LogP contribution in [0.5, 0.6) is 0 Å². The van der Waals surface area contributed by atoms with E-state index < -0.39 is 0 Å². The lowest BCUT2D eigenvalue weighted by Gasteiger charge is -2.02. The van der Waals surface area contributed by atoms with E-state index in [1.807, 2.05) is 6.21 Å². The Morgan fingerprint density at radius 2 is 2.38 bits per heavy atom. The van der Waals surface area contributed by atoms with Gasteiger partial charge in [-0.2, -0.15) is 0 Å². The fourth-order valence-corrected chi connectivity index (χ4v) is 0.770. The Kier molecular flexibility index (Phi) is 2.60. The van der Waals surface area contributed by atoms with E-state index in [1.54, 1.807) is 0 Å². The Balaban J connectivity index is 2.17. The number of aliphatic imine (C=N–C) groups is 1. The molecule has 1 aliphatic heterocycles. The van der Waals surface area contributed by atoms with E-state index >= 15 is 0 Å². The summed E-state index contributed by atoms with van der Waals surface area (Å²) >= 11 is 0. The van der Waals surface area contributed by atoms with E-state index in [4.69, 9.17) is 0 Å². The highest BCUT2D eigenvalue weighted by Crippen LogP contribution is 1.83. The quantitative estimate of drug-likeness (QED) is 0.483. The molecule has 0 spiro atoms. The van der Waals surface area contributed by atoms with Crippen LogP contribution in [0.3, 0.4) is 0 Å². The minimum atomic E-state index is 1.01. The van der Waals surface area contributed by atoms with Gasteiger partial charge in [0.1, 0.15) is 0 Å². The van der Waals surface area contributed by atoms with Crippen LogP contribution in [-0.4, -0.2) is 25.8 Å². The van der Waals surface area contributed by atoms with Crippen molar-refractivity contribution >= 4 is 6.21 Å². The molecule has 0 aromatic heterocycles. The second kappa shape index (κ2) is 3.61. The Labute approximate surface area is 50.0 Å². The maximum atomic E-state index is 4.17. The summed E-state index contributed by atoms with van der Waals surface area (Å²) in [7, 11) is 0. The van der Waals surface area contributed by atoms with Crippen LogP contribution in [-0.2, 0) is 0 Å². The Morgan fingerprint density at radius 1 is 1.38 bits per heavy atom. The van der Waals surface area contributed by atoms with Crippen molar-refractivity contribution in [3.8, 4) is 0 Å². The fourth-order valence-electron chi connectivity index (χ4n) is 0.770. The first-order chi connectivity index (χ1) is 4.00. The van der Waals surface area contributed by atoms with Crippen molar-refractivity contribution in [2.75, 3.05) is 19.6 Å². The Bertz CT molecular complexity index is 68.6. The standard InChI is InChI=1S/C6H12N2/c1-3-7-5-2-6-8-4-1/h3,8H,1-2,4-6H2/b7-3-. The van der Waals surface area contributed by atoms with Gasteiger partial charge in [0.15, 0.2) is 0 Å². The van der Waals surface area contributed by atoms with Gasteiger partial charge in [-0.15, -0.1) is 0 Å². The van der Waals surface area contributed by atoms with Gasteiger partial charge < -0.3 is 5.32 Å². The molecule has 46 valence electrons. The van der Waals surface area contributed by atoms with Crippen LogP contribution in [0, 0.1) is 0 Å². The average molecular weight is 112 g/mol. The summed E-state index contributed by atoms with van der Waals surface area (Å²) in [6, 6.07) is 0. The SMILES string of the molecule is C1=N\CCCNCC/1. The van der Waals surface area contributed by atoms with E-state index in [1.165, 1.54) is 6.42 Å². The van der Waals surface area contributed by atoms with Gasteiger partial charge >= 0.3 is 0 Å². The average Bonchev–Trinajstić information content (AvgIpc) is 1.62. The zero-order valence-electron chi connectivity index (χ0n) is 5.06. The van der Waals surface area contributed by atoms with Crippen molar-refractivity contribution in [2.45, 2.75) is 12.8 Å². The summed E-state index contributed by atoms with van der Waals surface area (Å²) in [5.41, 5.74) is 0. The first kappa shape index (κ1) is 5.76. The minimum Gasteiger partial charge on any atom is -0.316 e. The minimum absolute atomic E-state index is 1.01. The molecule has 0 aromatic carbocycles. The van der Waals surface area contributed by atoms with Gasteiger partial charge in [0.25, 0.3) is 0 Å². The number of rotatable bonds is 0. The zero-order chi connectivity index (χ0) is 5.66. The van der Waals surface area contributed by atoms with Gasteiger partial charge in [-0.1, -0.05) is 0 Å². The van der Waals surface area contributed by atoms with Crippen molar-refractivity contribution < 1.29 is 0 Å². The lowest BCUT2D eigenvalue weighted by molar-refractivity contribution is 0.655. The molecule has 1 heterocycles. The molecule has 0 amide bonds. The highest BCUT2D eigenvalue weighted by molar-refractivity contribution is 5.57. The van der Waals surface area contributed by atoms with Gasteiger partial charge in [0.2, 0.25) is 0 Å². The molecule has 2 heteroatoms. The number of hydrogen-bond acceptors (Lipinski definition) is 2. The molecule has 8 heavy (non-hydrogen) atoms. The highest BCUT2D eigenvalue weighted by Gasteiger charge is 1.88. The summed E-state index contributed by atoms with van der Waals surface area (Å²) in [5.74, 6) is 0. The van der Waals surface area contributed by atoms with Crippen molar-refractivity contribution in [3.05, 3.63) is 0 Å². The molecule has 2 nitrogen and oxygen atoms in total. The third kappa shape index (κ3) is 2.07. The molecule has 0 fully saturated rings. The summed E-state index contributed by atoms with van der Waals surface area (Å²) in [4.78, 5) is 4.17. The molecule has 1 N–H and O–H groups in total. The first-order valence-corrected chi connectivity index (χ1v) is 3.19. The highest BCUT2D eigenvalue weighted by atomic mass is 14.9. The van der Waals surface area contributed by atoms with Crippen LogP contribution >= 0.6 is 0 Å². The molecule has 0 atom stereocenters. The maximum absolute atomic E-state index is 4.17. The normalized spacial score (nSPS) is 26.0. The second-order valence-electron chi connectivity index (χ2n) is 1.98. The van der Waals surface area contributed by atoms with Gasteiger partial charge in [-0.25, -0.2) is 0 Å². The summed E-state index contributed by atoms with van der Waals surface area (Å²) < 4.78 is 0. The first-order valence-electron chi connectivity index (χ1n) is 3.19. The zero-order valence-corrected chi connectivity index (χ0v) is 5.06. The molecule has 0 unspecified atom stereocenters. The van der Waals surface area contributed by atoms with Crippen LogP contribution in [0.15, 0.2) is 4.99 Å². The topological polar surface area (TPSA) is 24.4 Å². The van der Waals surface area contributed by atoms with Crippen LogP contribution < -0.4 is 5.32 Å². The molecule has 0 saturated carbocycles. The summed E-state index contributed by atoms with van der Waals surface area (Å²) in [6.45, 7) is 3.24. The molecule has 0 bridgehead atoms. The smallest absolute Gasteiger partial charge is 0.0397 e. The van der Waals surface area contributed by atoms with E-state index in [-0.39, 0.29) is 0 Å².